The van der Waals surface area contributed by atoms with Gasteiger partial charge in [-0.15, -0.1) is 0 Å². The molecule has 6 heteroatoms. The summed E-state index contributed by atoms with van der Waals surface area (Å²) < 4.78 is 0. The fourth-order valence-electron chi connectivity index (χ4n) is 3.60. The second-order valence-corrected chi connectivity index (χ2v) is 7.87. The fourth-order valence-corrected chi connectivity index (χ4v) is 4.51. The number of thioether (sulfide) groups is 1. The van der Waals surface area contributed by atoms with Crippen molar-refractivity contribution in [3.63, 3.8) is 0 Å². The highest BCUT2D eigenvalue weighted by Crippen LogP contribution is 2.25. The Morgan fingerprint density at radius 2 is 1.88 bits per heavy atom. The summed E-state index contributed by atoms with van der Waals surface area (Å²) in [5, 5.41) is 3.58. The lowest BCUT2D eigenvalue weighted by molar-refractivity contribution is 0.0772. The van der Waals surface area contributed by atoms with Crippen LogP contribution in [0.4, 0.5) is 5.82 Å². The fraction of sp³-hybridized carbons (Fsp3) is 0.400. The summed E-state index contributed by atoms with van der Waals surface area (Å²) in [6.07, 6.45) is 1.79. The van der Waals surface area contributed by atoms with Crippen LogP contribution in [0.3, 0.4) is 0 Å². The molecule has 1 atom stereocenters. The van der Waals surface area contributed by atoms with Gasteiger partial charge in [0.2, 0.25) is 0 Å². The minimum Gasteiger partial charge on any atom is -0.353 e. The van der Waals surface area contributed by atoms with Crippen molar-refractivity contribution in [1.29, 1.82) is 0 Å². The first-order chi connectivity index (χ1) is 12.8. The van der Waals surface area contributed by atoms with Gasteiger partial charge in [-0.1, -0.05) is 30.3 Å². The maximum atomic E-state index is 13.0. The van der Waals surface area contributed by atoms with E-state index in [0.29, 0.717) is 0 Å². The molecule has 1 aromatic heterocycles. The molecule has 2 aromatic rings. The normalized spacial score (nSPS) is 20.8. The predicted molar refractivity (Wildman–Crippen MR) is 107 cm³/mol. The van der Waals surface area contributed by atoms with Crippen LogP contribution in [0.25, 0.3) is 0 Å². The molecule has 0 bridgehead atoms. The Balaban J connectivity index is 1.56. The number of carbonyl (C=O) groups excluding carboxylic acids is 1. The minimum atomic E-state index is 0.114. The summed E-state index contributed by atoms with van der Waals surface area (Å²) in [5.41, 5.74) is 2.00. The van der Waals surface area contributed by atoms with Gasteiger partial charge in [0.25, 0.3) is 5.91 Å². The molecule has 0 spiro atoms. The zero-order chi connectivity index (χ0) is 17.8. The van der Waals surface area contributed by atoms with Crippen molar-refractivity contribution in [2.24, 2.45) is 0 Å². The number of rotatable bonds is 3. The van der Waals surface area contributed by atoms with Crippen molar-refractivity contribution in [3.8, 4) is 0 Å². The van der Waals surface area contributed by atoms with Crippen molar-refractivity contribution in [1.82, 2.24) is 15.2 Å². The Morgan fingerprint density at radius 3 is 2.69 bits per heavy atom. The van der Waals surface area contributed by atoms with E-state index >= 15 is 0 Å². The third-order valence-electron chi connectivity index (χ3n) is 4.99. The van der Waals surface area contributed by atoms with Gasteiger partial charge in [-0.2, -0.15) is 11.8 Å². The standard InChI is InChI=1S/C20H24N4OS/c25-20(23-11-13-26-14-12-23)17-7-4-8-22-19(17)24-10-9-21-18(15-24)16-5-2-1-3-6-16/h1-8,18,21H,9-15H2. The third kappa shape index (κ3) is 3.71. The van der Waals surface area contributed by atoms with Gasteiger partial charge in [0.15, 0.2) is 0 Å². The van der Waals surface area contributed by atoms with Gasteiger partial charge in [0.05, 0.1) is 5.56 Å². The summed E-state index contributed by atoms with van der Waals surface area (Å²) in [6, 6.07) is 14.5. The molecule has 3 heterocycles. The van der Waals surface area contributed by atoms with E-state index in [-0.39, 0.29) is 11.9 Å². The molecule has 1 unspecified atom stereocenters. The Hall–Kier alpha value is -2.05. The Bertz CT molecular complexity index is 748. The number of nitrogens with zero attached hydrogens (tertiary/aromatic N) is 3. The van der Waals surface area contributed by atoms with Crippen LogP contribution in [0.1, 0.15) is 22.0 Å². The van der Waals surface area contributed by atoms with Crippen molar-refractivity contribution in [2.45, 2.75) is 6.04 Å². The van der Waals surface area contributed by atoms with Crippen molar-refractivity contribution in [2.75, 3.05) is 49.1 Å². The highest BCUT2D eigenvalue weighted by atomic mass is 32.2. The van der Waals surface area contributed by atoms with Crippen LogP contribution in [0.2, 0.25) is 0 Å². The van der Waals surface area contributed by atoms with Crippen LogP contribution < -0.4 is 10.2 Å². The predicted octanol–water partition coefficient (Wildman–Crippen LogP) is 2.42. The number of hydrogen-bond donors (Lipinski definition) is 1. The Kier molecular flexibility index (Phi) is 5.41. The van der Waals surface area contributed by atoms with Crippen molar-refractivity contribution < 1.29 is 4.79 Å². The van der Waals surface area contributed by atoms with Gasteiger partial charge in [0, 0.05) is 56.5 Å². The van der Waals surface area contributed by atoms with Gasteiger partial charge in [0.1, 0.15) is 5.82 Å². The lowest BCUT2D eigenvalue weighted by Gasteiger charge is -2.36. The van der Waals surface area contributed by atoms with Crippen LogP contribution in [0.5, 0.6) is 0 Å². The average Bonchev–Trinajstić information content (AvgIpc) is 2.74. The maximum absolute atomic E-state index is 13.0. The summed E-state index contributed by atoms with van der Waals surface area (Å²) in [7, 11) is 0. The van der Waals surface area contributed by atoms with Gasteiger partial charge in [-0.05, 0) is 17.7 Å². The molecule has 4 rings (SSSR count). The van der Waals surface area contributed by atoms with Gasteiger partial charge in [-0.25, -0.2) is 4.98 Å². The molecule has 5 nitrogen and oxygen atoms in total. The largest absolute Gasteiger partial charge is 0.353 e. The van der Waals surface area contributed by atoms with Crippen molar-refractivity contribution in [3.05, 3.63) is 59.8 Å². The lowest BCUT2D eigenvalue weighted by Crippen LogP contribution is -2.47. The average molecular weight is 369 g/mol. The van der Waals surface area contributed by atoms with E-state index in [1.807, 2.05) is 34.9 Å². The van der Waals surface area contributed by atoms with Crippen LogP contribution in [0, 0.1) is 0 Å². The number of aromatic nitrogens is 1. The van der Waals surface area contributed by atoms with E-state index in [2.05, 4.69) is 39.5 Å². The quantitative estimate of drug-likeness (QED) is 0.902. The molecule has 2 aliphatic rings. The zero-order valence-electron chi connectivity index (χ0n) is 14.8. The molecular weight excluding hydrogens is 344 g/mol. The van der Waals surface area contributed by atoms with Gasteiger partial charge >= 0.3 is 0 Å². The number of hydrogen-bond acceptors (Lipinski definition) is 5. The smallest absolute Gasteiger partial charge is 0.257 e. The second-order valence-electron chi connectivity index (χ2n) is 6.64. The summed E-state index contributed by atoms with van der Waals surface area (Å²) >= 11 is 1.91. The maximum Gasteiger partial charge on any atom is 0.257 e. The first kappa shape index (κ1) is 17.4. The number of amides is 1. The number of nitrogens with one attached hydrogen (secondary N) is 1. The molecular formula is C20H24N4OS. The molecule has 0 aliphatic carbocycles. The van der Waals surface area contributed by atoms with Gasteiger partial charge in [-0.3, -0.25) is 4.79 Å². The van der Waals surface area contributed by atoms with E-state index in [1.165, 1.54) is 5.56 Å². The molecule has 0 radical (unpaired) electrons. The highest BCUT2D eigenvalue weighted by Gasteiger charge is 2.27. The first-order valence-electron chi connectivity index (χ1n) is 9.18. The minimum absolute atomic E-state index is 0.114. The van der Waals surface area contributed by atoms with Crippen LogP contribution in [-0.4, -0.2) is 60.0 Å². The summed E-state index contributed by atoms with van der Waals surface area (Å²) in [4.78, 5) is 21.9. The van der Waals surface area contributed by atoms with E-state index in [4.69, 9.17) is 0 Å². The molecule has 136 valence electrons. The van der Waals surface area contributed by atoms with Crippen LogP contribution in [0.15, 0.2) is 48.7 Å². The van der Waals surface area contributed by atoms with E-state index in [1.54, 1.807) is 6.20 Å². The molecule has 2 fully saturated rings. The number of pyridine rings is 1. The molecule has 1 aromatic carbocycles. The third-order valence-corrected chi connectivity index (χ3v) is 5.93. The molecule has 0 saturated carbocycles. The number of piperazine rings is 1. The van der Waals surface area contributed by atoms with E-state index in [9.17, 15) is 4.79 Å². The number of carbonyl (C=O) groups is 1. The van der Waals surface area contributed by atoms with E-state index in [0.717, 1.165) is 55.6 Å². The summed E-state index contributed by atoms with van der Waals surface area (Å²) in [6.45, 7) is 4.20. The summed E-state index contributed by atoms with van der Waals surface area (Å²) in [5.74, 6) is 2.97. The Labute approximate surface area is 158 Å². The lowest BCUT2D eigenvalue weighted by atomic mass is 10.0. The number of anilines is 1. The molecule has 1 amide bonds. The molecule has 1 N–H and O–H groups in total. The topological polar surface area (TPSA) is 48.5 Å². The van der Waals surface area contributed by atoms with Crippen LogP contribution >= 0.6 is 11.8 Å². The number of benzene rings is 1. The molecule has 2 aliphatic heterocycles. The highest BCUT2D eigenvalue weighted by molar-refractivity contribution is 7.99. The zero-order valence-corrected chi connectivity index (χ0v) is 15.6. The molecule has 26 heavy (non-hydrogen) atoms. The van der Waals surface area contributed by atoms with E-state index < -0.39 is 0 Å². The van der Waals surface area contributed by atoms with Crippen molar-refractivity contribution >= 4 is 23.5 Å². The first-order valence-corrected chi connectivity index (χ1v) is 10.3. The molecule has 2 saturated heterocycles. The van der Waals surface area contributed by atoms with Gasteiger partial charge < -0.3 is 15.1 Å². The Morgan fingerprint density at radius 1 is 1.08 bits per heavy atom. The monoisotopic (exact) mass is 368 g/mol. The second kappa shape index (κ2) is 8.10. The van der Waals surface area contributed by atoms with Crippen LogP contribution in [-0.2, 0) is 0 Å². The SMILES string of the molecule is O=C(c1cccnc1N1CCNC(c2ccccc2)C1)N1CCSCC1.